The van der Waals surface area contributed by atoms with Gasteiger partial charge in [-0.15, -0.1) is 0 Å². The Morgan fingerprint density at radius 2 is 2.07 bits per heavy atom. The fraction of sp³-hybridized carbons (Fsp3) is 0.409. The standard InChI is InChI=1S/C22H28N4O2/c1-22(2,17-7-5-4-6-8-17)16-26-12-11-19(15-26)25-20-14-23-18(13-24-20)9-10-21(27)28-3/h4-10,13-14,19H,11-12,15-16H2,1-3H3,(H,24,25)/t19-/m1/s1. The van der Waals surface area contributed by atoms with Gasteiger partial charge in [0.25, 0.3) is 0 Å². The zero-order valence-corrected chi connectivity index (χ0v) is 16.8. The van der Waals surface area contributed by atoms with Gasteiger partial charge >= 0.3 is 5.97 Å². The lowest BCUT2D eigenvalue weighted by Gasteiger charge is -2.31. The van der Waals surface area contributed by atoms with E-state index in [1.54, 1.807) is 18.5 Å². The molecule has 1 aliphatic rings. The number of rotatable bonds is 7. The zero-order valence-electron chi connectivity index (χ0n) is 16.8. The zero-order chi connectivity index (χ0) is 20.0. The van der Waals surface area contributed by atoms with Crippen molar-refractivity contribution in [2.75, 3.05) is 32.1 Å². The van der Waals surface area contributed by atoms with Crippen molar-refractivity contribution in [2.45, 2.75) is 31.7 Å². The Hall–Kier alpha value is -2.73. The summed E-state index contributed by atoms with van der Waals surface area (Å²) < 4.78 is 4.57. The highest BCUT2D eigenvalue weighted by Gasteiger charge is 2.29. The number of likely N-dealkylation sites (tertiary alicyclic amines) is 1. The molecule has 0 spiro atoms. The molecule has 1 aromatic heterocycles. The first-order chi connectivity index (χ1) is 13.5. The first-order valence-corrected chi connectivity index (χ1v) is 9.59. The van der Waals surface area contributed by atoms with Crippen LogP contribution < -0.4 is 5.32 Å². The summed E-state index contributed by atoms with van der Waals surface area (Å²) in [5.74, 6) is 0.345. The number of methoxy groups -OCH3 is 1. The van der Waals surface area contributed by atoms with Crippen LogP contribution in [0.2, 0.25) is 0 Å². The van der Waals surface area contributed by atoms with Gasteiger partial charge in [0.2, 0.25) is 0 Å². The molecule has 1 aliphatic heterocycles. The summed E-state index contributed by atoms with van der Waals surface area (Å²) in [6.07, 6.45) is 7.35. The van der Waals surface area contributed by atoms with Crippen LogP contribution in [0.3, 0.4) is 0 Å². The third kappa shape index (κ3) is 5.39. The maximum atomic E-state index is 11.1. The number of aromatic nitrogens is 2. The van der Waals surface area contributed by atoms with Crippen LogP contribution in [0.25, 0.3) is 6.08 Å². The van der Waals surface area contributed by atoms with Crippen LogP contribution in [0.1, 0.15) is 31.5 Å². The second-order valence-corrected chi connectivity index (χ2v) is 7.80. The highest BCUT2D eigenvalue weighted by atomic mass is 16.5. The second-order valence-electron chi connectivity index (χ2n) is 7.80. The van der Waals surface area contributed by atoms with E-state index in [-0.39, 0.29) is 5.41 Å². The van der Waals surface area contributed by atoms with E-state index in [4.69, 9.17) is 0 Å². The van der Waals surface area contributed by atoms with E-state index in [9.17, 15) is 4.79 Å². The molecular weight excluding hydrogens is 352 g/mol. The van der Waals surface area contributed by atoms with Crippen molar-refractivity contribution in [3.05, 3.63) is 60.1 Å². The monoisotopic (exact) mass is 380 g/mol. The molecule has 0 radical (unpaired) electrons. The molecule has 1 aromatic carbocycles. The maximum absolute atomic E-state index is 11.1. The Morgan fingerprint density at radius 1 is 1.29 bits per heavy atom. The lowest BCUT2D eigenvalue weighted by molar-refractivity contribution is -0.134. The molecule has 6 heteroatoms. The highest BCUT2D eigenvalue weighted by Crippen LogP contribution is 2.26. The molecule has 28 heavy (non-hydrogen) atoms. The van der Waals surface area contributed by atoms with Gasteiger partial charge in [-0.05, 0) is 18.1 Å². The van der Waals surface area contributed by atoms with Crippen molar-refractivity contribution in [2.24, 2.45) is 0 Å². The van der Waals surface area contributed by atoms with Gasteiger partial charge in [-0.2, -0.15) is 0 Å². The number of benzene rings is 1. The smallest absolute Gasteiger partial charge is 0.330 e. The van der Waals surface area contributed by atoms with Crippen molar-refractivity contribution in [1.82, 2.24) is 14.9 Å². The number of hydrogen-bond donors (Lipinski definition) is 1. The fourth-order valence-corrected chi connectivity index (χ4v) is 3.56. The van der Waals surface area contributed by atoms with Crippen molar-refractivity contribution in [1.29, 1.82) is 0 Å². The molecule has 2 aromatic rings. The van der Waals surface area contributed by atoms with Crippen LogP contribution in [0, 0.1) is 0 Å². The van der Waals surface area contributed by atoms with Gasteiger partial charge in [0, 0.05) is 37.2 Å². The summed E-state index contributed by atoms with van der Waals surface area (Å²) >= 11 is 0. The van der Waals surface area contributed by atoms with Crippen LogP contribution in [0.4, 0.5) is 5.82 Å². The topological polar surface area (TPSA) is 67.3 Å². The van der Waals surface area contributed by atoms with E-state index in [0.717, 1.165) is 31.9 Å². The molecule has 3 rings (SSSR count). The van der Waals surface area contributed by atoms with E-state index in [2.05, 4.69) is 69.1 Å². The van der Waals surface area contributed by atoms with Crippen molar-refractivity contribution in [3.63, 3.8) is 0 Å². The van der Waals surface area contributed by atoms with Gasteiger partial charge in [-0.25, -0.2) is 9.78 Å². The summed E-state index contributed by atoms with van der Waals surface area (Å²) in [7, 11) is 1.34. The Labute approximate surface area is 166 Å². The predicted octanol–water partition coefficient (Wildman–Crippen LogP) is 3.13. The highest BCUT2D eigenvalue weighted by molar-refractivity contribution is 5.86. The number of esters is 1. The average molecular weight is 380 g/mol. The molecule has 1 saturated heterocycles. The van der Waals surface area contributed by atoms with Crippen molar-refractivity contribution < 1.29 is 9.53 Å². The molecule has 2 heterocycles. The number of hydrogen-bond acceptors (Lipinski definition) is 6. The number of anilines is 1. The summed E-state index contributed by atoms with van der Waals surface area (Å²) in [4.78, 5) is 22.3. The molecule has 1 atom stereocenters. The van der Waals surface area contributed by atoms with E-state index in [1.165, 1.54) is 18.7 Å². The minimum atomic E-state index is -0.409. The molecule has 6 nitrogen and oxygen atoms in total. The molecule has 148 valence electrons. The summed E-state index contributed by atoms with van der Waals surface area (Å²) in [5, 5.41) is 3.47. The van der Waals surface area contributed by atoms with Crippen LogP contribution in [-0.4, -0.2) is 53.6 Å². The minimum absolute atomic E-state index is 0.115. The predicted molar refractivity (Wildman–Crippen MR) is 111 cm³/mol. The average Bonchev–Trinajstić information content (AvgIpc) is 3.14. The Bertz CT molecular complexity index is 803. The Morgan fingerprint density at radius 3 is 2.75 bits per heavy atom. The molecule has 0 saturated carbocycles. The molecule has 1 fully saturated rings. The number of nitrogens with one attached hydrogen (secondary N) is 1. The molecule has 0 aliphatic carbocycles. The van der Waals surface area contributed by atoms with Crippen LogP contribution in [0.5, 0.6) is 0 Å². The lowest BCUT2D eigenvalue weighted by Crippen LogP contribution is -2.37. The largest absolute Gasteiger partial charge is 0.466 e. The van der Waals surface area contributed by atoms with Crippen molar-refractivity contribution >= 4 is 17.9 Å². The van der Waals surface area contributed by atoms with Gasteiger partial charge in [0.15, 0.2) is 0 Å². The van der Waals surface area contributed by atoms with E-state index in [0.29, 0.717) is 11.7 Å². The molecular formula is C22H28N4O2. The Balaban J connectivity index is 1.52. The number of ether oxygens (including phenoxy) is 1. The molecule has 0 bridgehead atoms. The van der Waals surface area contributed by atoms with Crippen LogP contribution in [0.15, 0.2) is 48.8 Å². The van der Waals surface area contributed by atoms with E-state index < -0.39 is 5.97 Å². The van der Waals surface area contributed by atoms with Gasteiger partial charge in [0.05, 0.1) is 25.2 Å². The number of carbonyl (C=O) groups is 1. The van der Waals surface area contributed by atoms with Gasteiger partial charge in [-0.1, -0.05) is 44.2 Å². The third-order valence-corrected chi connectivity index (χ3v) is 5.06. The quantitative estimate of drug-likeness (QED) is 0.588. The normalized spacial score (nSPS) is 17.8. The summed E-state index contributed by atoms with van der Waals surface area (Å²) in [6, 6.07) is 11.0. The number of carbonyl (C=O) groups excluding carboxylic acids is 1. The lowest BCUT2D eigenvalue weighted by atomic mass is 9.84. The summed E-state index contributed by atoms with van der Waals surface area (Å²) in [6.45, 7) is 7.69. The third-order valence-electron chi connectivity index (χ3n) is 5.06. The van der Waals surface area contributed by atoms with Gasteiger partial charge in [0.1, 0.15) is 5.82 Å². The van der Waals surface area contributed by atoms with Crippen LogP contribution >= 0.6 is 0 Å². The van der Waals surface area contributed by atoms with Crippen LogP contribution in [-0.2, 0) is 14.9 Å². The van der Waals surface area contributed by atoms with Gasteiger partial charge < -0.3 is 15.0 Å². The minimum Gasteiger partial charge on any atom is -0.466 e. The maximum Gasteiger partial charge on any atom is 0.330 e. The molecule has 1 N–H and O–H groups in total. The molecule has 0 unspecified atom stereocenters. The molecule has 0 amide bonds. The van der Waals surface area contributed by atoms with Crippen molar-refractivity contribution in [3.8, 4) is 0 Å². The first-order valence-electron chi connectivity index (χ1n) is 9.59. The number of nitrogens with zero attached hydrogens (tertiary/aromatic N) is 3. The SMILES string of the molecule is COC(=O)C=Cc1cnc(N[C@@H]2CCN(CC(C)(C)c3ccccc3)C2)cn1. The van der Waals surface area contributed by atoms with Gasteiger partial charge in [-0.3, -0.25) is 4.98 Å². The first kappa shape index (κ1) is 20.0. The second kappa shape index (κ2) is 8.97. The van der Waals surface area contributed by atoms with E-state index >= 15 is 0 Å². The summed E-state index contributed by atoms with van der Waals surface area (Å²) in [5.41, 5.74) is 2.10. The van der Waals surface area contributed by atoms with E-state index in [1.807, 2.05) is 0 Å². The fourth-order valence-electron chi connectivity index (χ4n) is 3.56. The Kier molecular flexibility index (Phi) is 6.41.